The zero-order chi connectivity index (χ0) is 9.52. The van der Waals surface area contributed by atoms with Gasteiger partial charge in [-0.15, -0.1) is 0 Å². The molecular formula is C10H18O3. The topological polar surface area (TPSA) is 38.7 Å². The first-order valence-electron chi connectivity index (χ1n) is 4.87. The van der Waals surface area contributed by atoms with Gasteiger partial charge in [0.1, 0.15) is 0 Å². The molecule has 1 rings (SSSR count). The van der Waals surface area contributed by atoms with Crippen LogP contribution >= 0.6 is 0 Å². The minimum absolute atomic E-state index is 0.0234. The number of aliphatic hydroxyl groups excluding tert-OH is 1. The average molecular weight is 186 g/mol. The van der Waals surface area contributed by atoms with Gasteiger partial charge in [0.05, 0.1) is 12.7 Å². The van der Waals surface area contributed by atoms with Gasteiger partial charge in [-0.05, 0) is 26.2 Å². The lowest BCUT2D eigenvalue weighted by Crippen LogP contribution is -2.25. The highest BCUT2D eigenvalue weighted by Crippen LogP contribution is 2.15. The smallest absolute Gasteiger partial charge is 0.158 e. The molecule has 76 valence electrons. The molecule has 0 aromatic carbocycles. The van der Waals surface area contributed by atoms with E-state index in [1.165, 1.54) is 6.42 Å². The number of aliphatic hydroxyl groups is 1. The highest BCUT2D eigenvalue weighted by atomic mass is 16.7. The van der Waals surface area contributed by atoms with Crippen LogP contribution in [-0.2, 0) is 9.47 Å². The van der Waals surface area contributed by atoms with E-state index in [0.29, 0.717) is 0 Å². The summed E-state index contributed by atoms with van der Waals surface area (Å²) in [5.74, 6) is 0. The highest BCUT2D eigenvalue weighted by molar-refractivity contribution is 4.87. The summed E-state index contributed by atoms with van der Waals surface area (Å²) < 4.78 is 11.0. The molecule has 1 heterocycles. The summed E-state index contributed by atoms with van der Waals surface area (Å²) in [6.07, 6.45) is 6.81. The third kappa shape index (κ3) is 4.41. The maximum Gasteiger partial charge on any atom is 0.158 e. The number of rotatable bonds is 4. The molecule has 1 N–H and O–H groups in total. The normalized spacial score (nSPS) is 26.5. The van der Waals surface area contributed by atoms with E-state index in [9.17, 15) is 0 Å². The standard InChI is InChI=1S/C10H18O3/c1-9(5-4-7-11)13-10-6-2-3-8-12-10/h4-5,9-11H,2-3,6-8H2,1H3/b5-4+/t9-,10-/m0/s1. The fourth-order valence-electron chi connectivity index (χ4n) is 1.36. The van der Waals surface area contributed by atoms with Crippen LogP contribution in [-0.4, -0.2) is 30.7 Å². The van der Waals surface area contributed by atoms with Crippen LogP contribution in [0.5, 0.6) is 0 Å². The monoisotopic (exact) mass is 186 g/mol. The Labute approximate surface area is 79.3 Å². The van der Waals surface area contributed by atoms with Crippen molar-refractivity contribution in [1.82, 2.24) is 0 Å². The van der Waals surface area contributed by atoms with Gasteiger partial charge in [0.15, 0.2) is 6.29 Å². The molecule has 0 aromatic heterocycles. The molecule has 1 saturated heterocycles. The Morgan fingerprint density at radius 3 is 3.08 bits per heavy atom. The molecular weight excluding hydrogens is 168 g/mol. The number of hydrogen-bond donors (Lipinski definition) is 1. The Morgan fingerprint density at radius 1 is 1.62 bits per heavy atom. The predicted molar refractivity (Wildman–Crippen MR) is 50.4 cm³/mol. The molecule has 13 heavy (non-hydrogen) atoms. The minimum atomic E-state index is -0.0490. The molecule has 1 fully saturated rings. The molecule has 3 heteroatoms. The van der Waals surface area contributed by atoms with Gasteiger partial charge in [0, 0.05) is 6.61 Å². The van der Waals surface area contributed by atoms with Crippen LogP contribution < -0.4 is 0 Å². The van der Waals surface area contributed by atoms with Crippen LogP contribution in [0, 0.1) is 0 Å². The zero-order valence-corrected chi connectivity index (χ0v) is 8.11. The molecule has 0 saturated carbocycles. The average Bonchev–Trinajstić information content (AvgIpc) is 2.16. The van der Waals surface area contributed by atoms with Crippen molar-refractivity contribution in [2.75, 3.05) is 13.2 Å². The van der Waals surface area contributed by atoms with E-state index < -0.39 is 0 Å². The Hall–Kier alpha value is -0.380. The predicted octanol–water partition coefficient (Wildman–Crippen LogP) is 1.47. The van der Waals surface area contributed by atoms with Crippen molar-refractivity contribution in [3.63, 3.8) is 0 Å². The van der Waals surface area contributed by atoms with Crippen LogP contribution in [0.3, 0.4) is 0 Å². The summed E-state index contributed by atoms with van der Waals surface area (Å²) in [4.78, 5) is 0. The second-order valence-corrected chi connectivity index (χ2v) is 3.25. The van der Waals surface area contributed by atoms with E-state index in [1.807, 2.05) is 13.0 Å². The second-order valence-electron chi connectivity index (χ2n) is 3.25. The number of ether oxygens (including phenoxy) is 2. The van der Waals surface area contributed by atoms with Crippen molar-refractivity contribution in [3.8, 4) is 0 Å². The van der Waals surface area contributed by atoms with Crippen LogP contribution in [0.15, 0.2) is 12.2 Å². The lowest BCUT2D eigenvalue weighted by atomic mass is 10.2. The van der Waals surface area contributed by atoms with Crippen molar-refractivity contribution in [1.29, 1.82) is 0 Å². The van der Waals surface area contributed by atoms with Crippen molar-refractivity contribution in [3.05, 3.63) is 12.2 Å². The molecule has 2 atom stereocenters. The Kier molecular flexibility index (Phi) is 5.05. The van der Waals surface area contributed by atoms with E-state index in [4.69, 9.17) is 14.6 Å². The van der Waals surface area contributed by atoms with Gasteiger partial charge in [-0.3, -0.25) is 0 Å². The molecule has 1 aliphatic heterocycles. The summed E-state index contributed by atoms with van der Waals surface area (Å²) >= 11 is 0. The van der Waals surface area contributed by atoms with E-state index in [1.54, 1.807) is 6.08 Å². The van der Waals surface area contributed by atoms with E-state index in [-0.39, 0.29) is 19.0 Å². The van der Waals surface area contributed by atoms with Crippen molar-refractivity contribution in [2.45, 2.75) is 38.6 Å². The summed E-state index contributed by atoms with van der Waals surface area (Å²) in [6.45, 7) is 2.82. The Morgan fingerprint density at radius 2 is 2.46 bits per heavy atom. The fraction of sp³-hybridized carbons (Fsp3) is 0.800. The number of hydrogen-bond acceptors (Lipinski definition) is 3. The van der Waals surface area contributed by atoms with E-state index in [2.05, 4.69) is 0 Å². The first kappa shape index (κ1) is 10.7. The maximum absolute atomic E-state index is 8.55. The van der Waals surface area contributed by atoms with Crippen molar-refractivity contribution >= 4 is 0 Å². The molecule has 1 aliphatic rings. The van der Waals surface area contributed by atoms with Crippen LogP contribution in [0.4, 0.5) is 0 Å². The zero-order valence-electron chi connectivity index (χ0n) is 8.11. The Bertz CT molecular complexity index is 150. The van der Waals surface area contributed by atoms with Gasteiger partial charge in [0.25, 0.3) is 0 Å². The van der Waals surface area contributed by atoms with E-state index >= 15 is 0 Å². The SMILES string of the molecule is C[C@@H](/C=C/CO)O[C@H]1CCCCO1. The summed E-state index contributed by atoms with van der Waals surface area (Å²) in [5.41, 5.74) is 0. The molecule has 0 aliphatic carbocycles. The first-order valence-corrected chi connectivity index (χ1v) is 4.87. The van der Waals surface area contributed by atoms with Gasteiger partial charge >= 0.3 is 0 Å². The Balaban J connectivity index is 2.18. The fourth-order valence-corrected chi connectivity index (χ4v) is 1.36. The first-order chi connectivity index (χ1) is 6.33. The van der Waals surface area contributed by atoms with Crippen LogP contribution in [0.25, 0.3) is 0 Å². The van der Waals surface area contributed by atoms with Crippen LogP contribution in [0.1, 0.15) is 26.2 Å². The summed E-state index contributed by atoms with van der Waals surface area (Å²) in [7, 11) is 0. The van der Waals surface area contributed by atoms with Crippen LogP contribution in [0.2, 0.25) is 0 Å². The molecule has 0 bridgehead atoms. The van der Waals surface area contributed by atoms with Crippen molar-refractivity contribution in [2.24, 2.45) is 0 Å². The third-order valence-corrected chi connectivity index (χ3v) is 2.02. The minimum Gasteiger partial charge on any atom is -0.392 e. The second kappa shape index (κ2) is 6.13. The quantitative estimate of drug-likeness (QED) is 0.676. The van der Waals surface area contributed by atoms with Gasteiger partial charge in [-0.25, -0.2) is 0 Å². The van der Waals surface area contributed by atoms with Gasteiger partial charge in [-0.2, -0.15) is 0 Å². The third-order valence-electron chi connectivity index (χ3n) is 2.02. The van der Waals surface area contributed by atoms with E-state index in [0.717, 1.165) is 19.4 Å². The molecule has 0 amide bonds. The summed E-state index contributed by atoms with van der Waals surface area (Å²) in [6, 6.07) is 0. The molecule has 0 aromatic rings. The lowest BCUT2D eigenvalue weighted by molar-refractivity contribution is -0.175. The largest absolute Gasteiger partial charge is 0.392 e. The molecule has 0 spiro atoms. The van der Waals surface area contributed by atoms with Gasteiger partial charge in [-0.1, -0.05) is 12.2 Å². The molecule has 0 radical (unpaired) electrons. The summed E-state index contributed by atoms with van der Waals surface area (Å²) in [5, 5.41) is 8.55. The maximum atomic E-state index is 8.55. The van der Waals surface area contributed by atoms with Crippen molar-refractivity contribution < 1.29 is 14.6 Å². The molecule has 3 nitrogen and oxygen atoms in total. The molecule has 0 unspecified atom stereocenters. The van der Waals surface area contributed by atoms with Gasteiger partial charge in [0.2, 0.25) is 0 Å². The lowest BCUT2D eigenvalue weighted by Gasteiger charge is -2.24. The highest BCUT2D eigenvalue weighted by Gasteiger charge is 2.15. The van der Waals surface area contributed by atoms with Gasteiger partial charge < -0.3 is 14.6 Å².